The van der Waals surface area contributed by atoms with Crippen LogP contribution in [0.2, 0.25) is 0 Å². The molecule has 1 aliphatic carbocycles. The van der Waals surface area contributed by atoms with Crippen LogP contribution >= 0.6 is 0 Å². The zero-order valence-corrected chi connectivity index (χ0v) is 12.2. The number of carboxylic acids is 1. The summed E-state index contributed by atoms with van der Waals surface area (Å²) >= 11 is 0. The van der Waals surface area contributed by atoms with Gasteiger partial charge in [0, 0.05) is 12.6 Å². The summed E-state index contributed by atoms with van der Waals surface area (Å²) < 4.78 is 2.09. The average Bonchev–Trinajstić information content (AvgIpc) is 3.17. The molecule has 1 aromatic carbocycles. The number of hydrogen-bond donors (Lipinski definition) is 2. The highest BCUT2D eigenvalue weighted by atomic mass is 16.4. The summed E-state index contributed by atoms with van der Waals surface area (Å²) in [5.41, 5.74) is 1.26. The number of imidazole rings is 1. The van der Waals surface area contributed by atoms with Crippen LogP contribution in [0.25, 0.3) is 11.0 Å². The Labute approximate surface area is 124 Å². The number of aromatic nitrogens is 2. The molecule has 1 unspecified atom stereocenters. The highest BCUT2D eigenvalue weighted by molar-refractivity contribution is 5.78. The molecular weight excluding hydrogens is 266 g/mol. The highest BCUT2D eigenvalue weighted by Gasteiger charge is 2.37. The molecule has 1 heterocycles. The lowest BCUT2D eigenvalue weighted by Gasteiger charge is -2.26. The second-order valence-corrected chi connectivity index (χ2v) is 6.09. The molecule has 1 atom stereocenters. The van der Waals surface area contributed by atoms with Gasteiger partial charge in [0.25, 0.3) is 0 Å². The van der Waals surface area contributed by atoms with E-state index in [1.807, 2.05) is 30.6 Å². The Hall–Kier alpha value is -1.88. The van der Waals surface area contributed by atoms with Crippen molar-refractivity contribution in [2.75, 3.05) is 0 Å². The Balaban J connectivity index is 1.62. The first-order valence-corrected chi connectivity index (χ1v) is 7.49. The van der Waals surface area contributed by atoms with E-state index in [4.69, 9.17) is 0 Å². The Bertz CT molecular complexity index is 648. The normalized spacial score (nSPS) is 17.8. The van der Waals surface area contributed by atoms with Crippen LogP contribution in [0, 0.1) is 0 Å². The quantitative estimate of drug-likeness (QED) is 0.820. The molecular formula is C16H21N3O2. The van der Waals surface area contributed by atoms with E-state index in [0.29, 0.717) is 12.5 Å². The highest BCUT2D eigenvalue weighted by Crippen LogP contribution is 2.25. The van der Waals surface area contributed by atoms with Gasteiger partial charge >= 0.3 is 5.97 Å². The van der Waals surface area contributed by atoms with Crippen molar-refractivity contribution in [3.63, 3.8) is 0 Å². The number of carboxylic acid groups (broad SMARTS) is 1. The van der Waals surface area contributed by atoms with E-state index < -0.39 is 11.5 Å². The third-order valence-electron chi connectivity index (χ3n) is 4.18. The molecule has 1 aliphatic rings. The van der Waals surface area contributed by atoms with Gasteiger partial charge in [-0.3, -0.25) is 10.1 Å². The molecule has 2 aromatic rings. The van der Waals surface area contributed by atoms with Crippen molar-refractivity contribution in [1.82, 2.24) is 14.9 Å². The van der Waals surface area contributed by atoms with Gasteiger partial charge in [-0.2, -0.15) is 0 Å². The minimum atomic E-state index is -0.822. The molecule has 112 valence electrons. The van der Waals surface area contributed by atoms with Gasteiger partial charge in [-0.1, -0.05) is 12.1 Å². The molecule has 0 radical (unpaired) electrons. The van der Waals surface area contributed by atoms with E-state index >= 15 is 0 Å². The maximum absolute atomic E-state index is 11.5. The first kappa shape index (κ1) is 14.1. The van der Waals surface area contributed by atoms with E-state index in [0.717, 1.165) is 36.8 Å². The molecule has 21 heavy (non-hydrogen) atoms. The average molecular weight is 287 g/mol. The van der Waals surface area contributed by atoms with Crippen LogP contribution in [-0.2, 0) is 11.3 Å². The number of hydrogen-bond acceptors (Lipinski definition) is 3. The van der Waals surface area contributed by atoms with Crippen molar-refractivity contribution >= 4 is 17.0 Å². The topological polar surface area (TPSA) is 67.2 Å². The van der Waals surface area contributed by atoms with Gasteiger partial charge in [0.2, 0.25) is 0 Å². The number of carbonyl (C=O) groups is 1. The summed E-state index contributed by atoms with van der Waals surface area (Å²) in [6.07, 6.45) is 5.44. The standard InChI is InChI=1S/C16H21N3O2/c1-16(15(20)21,18-12-7-8-12)9-4-10-19-11-17-13-5-2-3-6-14(13)19/h2-3,5-6,11-12,18H,4,7-10H2,1H3,(H,20,21). The Morgan fingerprint density at radius 3 is 2.95 bits per heavy atom. The first-order valence-electron chi connectivity index (χ1n) is 7.49. The Morgan fingerprint density at radius 2 is 2.24 bits per heavy atom. The lowest BCUT2D eigenvalue weighted by Crippen LogP contribution is -2.50. The van der Waals surface area contributed by atoms with Crippen molar-refractivity contribution in [2.45, 2.75) is 50.7 Å². The molecule has 0 spiro atoms. The molecule has 5 heteroatoms. The van der Waals surface area contributed by atoms with E-state index in [1.54, 1.807) is 6.92 Å². The number of fused-ring (bicyclic) bond motifs is 1. The van der Waals surface area contributed by atoms with E-state index in [-0.39, 0.29) is 0 Å². The van der Waals surface area contributed by atoms with Crippen molar-refractivity contribution in [3.05, 3.63) is 30.6 Å². The molecule has 0 saturated heterocycles. The molecule has 5 nitrogen and oxygen atoms in total. The number of benzene rings is 1. The fraction of sp³-hybridized carbons (Fsp3) is 0.500. The molecule has 1 aromatic heterocycles. The predicted octanol–water partition coefficient (Wildman–Crippen LogP) is 2.41. The number of aryl methyl sites for hydroxylation is 1. The Morgan fingerprint density at radius 1 is 1.48 bits per heavy atom. The zero-order chi connectivity index (χ0) is 14.9. The summed E-state index contributed by atoms with van der Waals surface area (Å²) in [6, 6.07) is 8.39. The maximum Gasteiger partial charge on any atom is 0.323 e. The Kier molecular flexibility index (Phi) is 3.68. The van der Waals surface area contributed by atoms with Crippen LogP contribution in [0.15, 0.2) is 30.6 Å². The number of nitrogens with one attached hydrogen (secondary N) is 1. The van der Waals surface area contributed by atoms with Crippen LogP contribution in [0.5, 0.6) is 0 Å². The largest absolute Gasteiger partial charge is 0.480 e. The predicted molar refractivity (Wildman–Crippen MR) is 81.2 cm³/mol. The van der Waals surface area contributed by atoms with Crippen molar-refractivity contribution in [2.24, 2.45) is 0 Å². The monoisotopic (exact) mass is 287 g/mol. The van der Waals surface area contributed by atoms with E-state index in [9.17, 15) is 9.90 Å². The summed E-state index contributed by atoms with van der Waals surface area (Å²) in [5, 5.41) is 12.7. The summed E-state index contributed by atoms with van der Waals surface area (Å²) in [5.74, 6) is -0.759. The van der Waals surface area contributed by atoms with Gasteiger partial charge < -0.3 is 9.67 Å². The van der Waals surface area contributed by atoms with Gasteiger partial charge in [0.05, 0.1) is 17.4 Å². The first-order chi connectivity index (χ1) is 10.1. The third kappa shape index (κ3) is 3.08. The van der Waals surface area contributed by atoms with Crippen molar-refractivity contribution in [3.8, 4) is 0 Å². The maximum atomic E-state index is 11.5. The lowest BCUT2D eigenvalue weighted by atomic mass is 9.95. The van der Waals surface area contributed by atoms with Gasteiger partial charge in [-0.25, -0.2) is 4.98 Å². The zero-order valence-electron chi connectivity index (χ0n) is 12.2. The SMILES string of the molecule is CC(CCCn1cnc2ccccc21)(NC1CC1)C(=O)O. The van der Waals surface area contributed by atoms with Crippen molar-refractivity contribution < 1.29 is 9.90 Å². The molecule has 0 amide bonds. The van der Waals surface area contributed by atoms with Crippen molar-refractivity contribution in [1.29, 1.82) is 0 Å². The smallest absolute Gasteiger partial charge is 0.323 e. The molecule has 0 aliphatic heterocycles. The summed E-state index contributed by atoms with van der Waals surface area (Å²) in [4.78, 5) is 15.9. The molecule has 1 fully saturated rings. The van der Waals surface area contributed by atoms with E-state index in [1.165, 1.54) is 0 Å². The van der Waals surface area contributed by atoms with E-state index in [2.05, 4.69) is 14.9 Å². The van der Waals surface area contributed by atoms with Gasteiger partial charge in [0.15, 0.2) is 0 Å². The molecule has 2 N–H and O–H groups in total. The minimum absolute atomic E-state index is 0.389. The van der Waals surface area contributed by atoms with Crippen LogP contribution < -0.4 is 5.32 Å². The summed E-state index contributed by atoms with van der Waals surface area (Å²) in [7, 11) is 0. The van der Waals surface area contributed by atoms with Gasteiger partial charge in [0.1, 0.15) is 5.54 Å². The lowest BCUT2D eigenvalue weighted by molar-refractivity contribution is -0.144. The van der Waals surface area contributed by atoms with Crippen LogP contribution in [-0.4, -0.2) is 32.2 Å². The molecule has 1 saturated carbocycles. The summed E-state index contributed by atoms with van der Waals surface area (Å²) in [6.45, 7) is 2.58. The number of aliphatic carboxylic acids is 1. The van der Waals surface area contributed by atoms with Gasteiger partial charge in [-0.05, 0) is 44.7 Å². The fourth-order valence-corrected chi connectivity index (χ4v) is 2.71. The van der Waals surface area contributed by atoms with Gasteiger partial charge in [-0.15, -0.1) is 0 Å². The number of rotatable bonds is 7. The second-order valence-electron chi connectivity index (χ2n) is 6.09. The molecule has 3 rings (SSSR count). The number of nitrogens with zero attached hydrogens (tertiary/aromatic N) is 2. The van der Waals surface area contributed by atoms with Crippen LogP contribution in [0.3, 0.4) is 0 Å². The minimum Gasteiger partial charge on any atom is -0.480 e. The fourth-order valence-electron chi connectivity index (χ4n) is 2.71. The number of para-hydroxylation sites is 2. The second kappa shape index (κ2) is 5.48. The van der Waals surface area contributed by atoms with Crippen LogP contribution in [0.1, 0.15) is 32.6 Å². The molecule has 0 bridgehead atoms. The van der Waals surface area contributed by atoms with Crippen LogP contribution in [0.4, 0.5) is 0 Å². The third-order valence-corrected chi connectivity index (χ3v) is 4.18.